The molecule has 2 saturated heterocycles. The lowest BCUT2D eigenvalue weighted by Gasteiger charge is -2.44. The highest BCUT2D eigenvalue weighted by molar-refractivity contribution is 6.30. The molecule has 0 aliphatic carbocycles. The lowest BCUT2D eigenvalue weighted by molar-refractivity contribution is 0.0955. The van der Waals surface area contributed by atoms with E-state index in [1.54, 1.807) is 35.5 Å². The van der Waals surface area contributed by atoms with Gasteiger partial charge >= 0.3 is 0 Å². The maximum absolute atomic E-state index is 15.7. The molecule has 39 heavy (non-hydrogen) atoms. The molecule has 6 rings (SSSR count). The van der Waals surface area contributed by atoms with Crippen LogP contribution in [0.25, 0.3) is 0 Å². The maximum Gasteiger partial charge on any atom is 0.261 e. The Morgan fingerprint density at radius 1 is 1.26 bits per heavy atom. The first-order valence-corrected chi connectivity index (χ1v) is 13.9. The number of aromatic nitrogens is 3. The highest BCUT2D eigenvalue weighted by Crippen LogP contribution is 2.46. The van der Waals surface area contributed by atoms with Crippen molar-refractivity contribution in [3.63, 3.8) is 0 Å². The van der Waals surface area contributed by atoms with Gasteiger partial charge in [-0.05, 0) is 42.9 Å². The van der Waals surface area contributed by atoms with Crippen LogP contribution < -0.4 is 10.2 Å². The van der Waals surface area contributed by atoms with Crippen molar-refractivity contribution in [1.82, 2.24) is 20.1 Å². The molecule has 8 nitrogen and oxygen atoms in total. The van der Waals surface area contributed by atoms with Gasteiger partial charge in [0.25, 0.3) is 5.91 Å². The van der Waals surface area contributed by atoms with Gasteiger partial charge < -0.3 is 10.1 Å². The van der Waals surface area contributed by atoms with Crippen molar-refractivity contribution in [3.8, 4) is 0 Å². The van der Waals surface area contributed by atoms with E-state index in [1.807, 2.05) is 13.8 Å². The predicted octanol–water partition coefficient (Wildman–Crippen LogP) is 5.08. The van der Waals surface area contributed by atoms with Gasteiger partial charge in [0, 0.05) is 42.4 Å². The number of rotatable bonds is 7. The Morgan fingerprint density at radius 2 is 2.00 bits per heavy atom. The average Bonchev–Trinajstić information content (AvgIpc) is 3.60. The predicted molar refractivity (Wildman–Crippen MR) is 149 cm³/mol. The molecule has 2 unspecified atom stereocenters. The summed E-state index contributed by atoms with van der Waals surface area (Å²) in [6, 6.07) is 5.30. The minimum atomic E-state index is -0.904. The maximum atomic E-state index is 15.7. The van der Waals surface area contributed by atoms with E-state index in [-0.39, 0.29) is 35.7 Å². The van der Waals surface area contributed by atoms with E-state index >= 15 is 4.39 Å². The van der Waals surface area contributed by atoms with Crippen LogP contribution in [0.15, 0.2) is 30.6 Å². The molecule has 1 amide bonds. The Kier molecular flexibility index (Phi) is 6.44. The summed E-state index contributed by atoms with van der Waals surface area (Å²) in [4.78, 5) is 22.8. The molecule has 0 radical (unpaired) electrons. The molecule has 3 aromatic rings. The molecule has 3 atom stereocenters. The molecule has 3 aliphatic rings. The van der Waals surface area contributed by atoms with Crippen LogP contribution in [0, 0.1) is 18.7 Å². The number of fused-ring (bicyclic) bond motifs is 1. The van der Waals surface area contributed by atoms with E-state index < -0.39 is 11.2 Å². The number of anilines is 2. The number of epoxide rings is 1. The lowest BCUT2D eigenvalue weighted by atomic mass is 9.70. The molecule has 2 aromatic heterocycles. The zero-order valence-corrected chi connectivity index (χ0v) is 23.6. The lowest BCUT2D eigenvalue weighted by Crippen LogP contribution is -2.56. The average molecular weight is 553 g/mol. The number of hydrogen-bond acceptors (Lipinski definition) is 6. The molecule has 1 aromatic carbocycles. The first-order valence-electron chi connectivity index (χ1n) is 13.5. The van der Waals surface area contributed by atoms with Crippen LogP contribution in [0.5, 0.6) is 0 Å². The Balaban J connectivity index is 1.45. The van der Waals surface area contributed by atoms with Crippen molar-refractivity contribution >= 4 is 29.1 Å². The van der Waals surface area contributed by atoms with Crippen molar-refractivity contribution in [2.75, 3.05) is 36.5 Å². The first kappa shape index (κ1) is 26.2. The van der Waals surface area contributed by atoms with Crippen LogP contribution in [0.4, 0.5) is 16.0 Å². The summed E-state index contributed by atoms with van der Waals surface area (Å²) in [5.74, 6) is 1.19. The molecule has 2 N–H and O–H groups in total. The zero-order chi connectivity index (χ0) is 27.6. The van der Waals surface area contributed by atoms with Crippen molar-refractivity contribution in [1.29, 1.82) is 0 Å². The molecule has 0 spiro atoms. The topological polar surface area (TPSA) is 89.7 Å². The van der Waals surface area contributed by atoms with Gasteiger partial charge in [0.15, 0.2) is 0 Å². The van der Waals surface area contributed by atoms with Crippen LogP contribution in [-0.4, -0.2) is 64.5 Å². The molecular weight excluding hydrogens is 519 g/mol. The van der Waals surface area contributed by atoms with Crippen molar-refractivity contribution in [3.05, 3.63) is 69.2 Å². The fourth-order valence-corrected chi connectivity index (χ4v) is 6.23. The van der Waals surface area contributed by atoms with E-state index in [4.69, 9.17) is 21.3 Å². The van der Waals surface area contributed by atoms with E-state index in [0.717, 1.165) is 36.4 Å². The summed E-state index contributed by atoms with van der Waals surface area (Å²) in [7, 11) is 0. The Morgan fingerprint density at radius 3 is 2.69 bits per heavy atom. The number of nitrogens with one attached hydrogen (secondary N) is 2. The Labute approximate surface area is 232 Å². The van der Waals surface area contributed by atoms with E-state index in [0.29, 0.717) is 28.7 Å². The van der Waals surface area contributed by atoms with Crippen LogP contribution >= 0.6 is 11.6 Å². The number of carbonyl (C=O) groups excluding carboxylic acids is 1. The summed E-state index contributed by atoms with van der Waals surface area (Å²) < 4.78 is 21.1. The van der Waals surface area contributed by atoms with Gasteiger partial charge in [0.1, 0.15) is 23.7 Å². The summed E-state index contributed by atoms with van der Waals surface area (Å²) in [5, 5.41) is 11.0. The van der Waals surface area contributed by atoms with Crippen molar-refractivity contribution < 1.29 is 13.9 Å². The second-order valence-electron chi connectivity index (χ2n) is 11.6. The number of aromatic amines is 1. The highest BCUT2D eigenvalue weighted by Gasteiger charge is 2.47. The van der Waals surface area contributed by atoms with Crippen molar-refractivity contribution in [2.24, 2.45) is 5.92 Å². The standard InChI is InChI=1S/C29H34ClFN6O2/c1-15(2)16(3)19-10-33-35-27(19)37-14-29(5,21-7-6-8-22(30)25(21)31)24-17(4)26(32-9-20(24)28(37)38)34-18-11-36(12-18)23-13-39-23/h6-10,15-16,18,23H,11-14H2,1-5H3,(H,32,34)(H,33,35)/t16?,23?,29-/m1/s1. The number of nitrogens with zero attached hydrogens (tertiary/aromatic N) is 4. The summed E-state index contributed by atoms with van der Waals surface area (Å²) in [6.07, 6.45) is 3.65. The third-order valence-electron chi connectivity index (χ3n) is 8.75. The summed E-state index contributed by atoms with van der Waals surface area (Å²) in [5.41, 5.74) is 2.54. The van der Waals surface area contributed by atoms with E-state index in [2.05, 4.69) is 41.2 Å². The molecule has 0 bridgehead atoms. The van der Waals surface area contributed by atoms with Gasteiger partial charge in [-0.2, -0.15) is 5.10 Å². The number of ether oxygens (including phenoxy) is 1. The summed E-state index contributed by atoms with van der Waals surface area (Å²) in [6.45, 7) is 13.1. The minimum Gasteiger partial charge on any atom is -0.365 e. The first-order chi connectivity index (χ1) is 18.6. The Bertz CT molecular complexity index is 1430. The SMILES string of the molecule is Cc1c(NC2CN(C3CO3)C2)ncc2c1[C@@](C)(c1cccc(Cl)c1F)CN(c1[nH]ncc1C(C)C(C)C)C2=O. The van der Waals surface area contributed by atoms with Gasteiger partial charge in [-0.15, -0.1) is 0 Å². The number of pyridine rings is 1. The largest absolute Gasteiger partial charge is 0.365 e. The minimum absolute atomic E-state index is 0.0521. The fraction of sp³-hybridized carbons (Fsp3) is 0.483. The van der Waals surface area contributed by atoms with Crippen LogP contribution in [0.3, 0.4) is 0 Å². The molecule has 0 saturated carbocycles. The third kappa shape index (κ3) is 4.31. The Hall–Kier alpha value is -3.01. The van der Waals surface area contributed by atoms with Gasteiger partial charge in [0.2, 0.25) is 0 Å². The number of hydrogen-bond donors (Lipinski definition) is 2. The number of halogens is 2. The van der Waals surface area contributed by atoms with Crippen LogP contribution in [0.1, 0.15) is 66.2 Å². The van der Waals surface area contributed by atoms with Gasteiger partial charge in [-0.1, -0.05) is 44.5 Å². The number of amides is 1. The number of benzene rings is 1. The molecule has 206 valence electrons. The van der Waals surface area contributed by atoms with Crippen LogP contribution in [-0.2, 0) is 10.2 Å². The third-order valence-corrected chi connectivity index (χ3v) is 9.04. The second-order valence-corrected chi connectivity index (χ2v) is 12.0. The molecule has 3 aliphatic heterocycles. The second kappa shape index (κ2) is 9.57. The quantitative estimate of drug-likeness (QED) is 0.397. The molecular formula is C29H34ClFN6O2. The van der Waals surface area contributed by atoms with Crippen LogP contribution in [0.2, 0.25) is 5.02 Å². The van der Waals surface area contributed by atoms with Gasteiger partial charge in [0.05, 0.1) is 29.4 Å². The highest BCUT2D eigenvalue weighted by atomic mass is 35.5. The molecule has 5 heterocycles. The van der Waals surface area contributed by atoms with Gasteiger partial charge in [-0.3, -0.25) is 19.7 Å². The fourth-order valence-electron chi connectivity index (χ4n) is 6.06. The van der Waals surface area contributed by atoms with E-state index in [9.17, 15) is 4.79 Å². The number of H-pyrrole nitrogens is 1. The molecule has 2 fully saturated rings. The summed E-state index contributed by atoms with van der Waals surface area (Å²) >= 11 is 6.29. The van der Waals surface area contributed by atoms with Gasteiger partial charge in [-0.25, -0.2) is 9.37 Å². The smallest absolute Gasteiger partial charge is 0.261 e. The molecule has 10 heteroatoms. The zero-order valence-electron chi connectivity index (χ0n) is 22.9. The number of likely N-dealkylation sites (tertiary alicyclic amines) is 1. The normalized spacial score (nSPS) is 24.1. The van der Waals surface area contributed by atoms with Crippen molar-refractivity contribution in [2.45, 2.75) is 58.2 Å². The number of carbonyl (C=O) groups is 1. The monoisotopic (exact) mass is 552 g/mol. The van der Waals surface area contributed by atoms with E-state index in [1.165, 1.54) is 0 Å².